The maximum Gasteiger partial charge on any atom is 0.213 e. The summed E-state index contributed by atoms with van der Waals surface area (Å²) in [7, 11) is 1.53. The molecule has 0 atom stereocenters. The number of nitrogens with zero attached hydrogens (tertiary/aromatic N) is 2. The Labute approximate surface area is 97.4 Å². The van der Waals surface area contributed by atoms with Gasteiger partial charge in [0, 0.05) is 17.8 Å². The van der Waals surface area contributed by atoms with Crippen LogP contribution in [0.3, 0.4) is 0 Å². The molecular weight excluding hydrogens is 223 g/mol. The standard InChI is InChI=1S/C12H11FN2O2/c1-16-10-3-2-9-11(15-10)8(4-5-14-9)12(13)6-17-7-12/h2-5H,6-7H2,1H3. The van der Waals surface area contributed by atoms with Crippen molar-refractivity contribution in [3.8, 4) is 5.88 Å². The number of halogens is 1. The molecule has 4 nitrogen and oxygen atoms in total. The second kappa shape index (κ2) is 3.63. The van der Waals surface area contributed by atoms with Crippen LogP contribution in [0.25, 0.3) is 11.0 Å². The van der Waals surface area contributed by atoms with Crippen molar-refractivity contribution < 1.29 is 13.9 Å². The van der Waals surface area contributed by atoms with Crippen LogP contribution in [0.4, 0.5) is 4.39 Å². The van der Waals surface area contributed by atoms with Crippen molar-refractivity contribution in [2.75, 3.05) is 20.3 Å². The number of pyridine rings is 2. The number of hydrogen-bond acceptors (Lipinski definition) is 4. The zero-order valence-electron chi connectivity index (χ0n) is 9.31. The number of fused-ring (bicyclic) bond motifs is 1. The van der Waals surface area contributed by atoms with Gasteiger partial charge in [0.15, 0.2) is 5.67 Å². The van der Waals surface area contributed by atoms with Crippen molar-refractivity contribution in [1.82, 2.24) is 9.97 Å². The van der Waals surface area contributed by atoms with Gasteiger partial charge in [0.2, 0.25) is 5.88 Å². The lowest BCUT2D eigenvalue weighted by atomic mass is 9.93. The van der Waals surface area contributed by atoms with E-state index in [-0.39, 0.29) is 13.2 Å². The lowest BCUT2D eigenvalue weighted by molar-refractivity contribution is -0.134. The van der Waals surface area contributed by atoms with Gasteiger partial charge in [-0.15, -0.1) is 0 Å². The van der Waals surface area contributed by atoms with Crippen LogP contribution in [0.15, 0.2) is 24.4 Å². The van der Waals surface area contributed by atoms with Crippen molar-refractivity contribution in [3.63, 3.8) is 0 Å². The highest BCUT2D eigenvalue weighted by Crippen LogP contribution is 2.37. The molecule has 0 aromatic carbocycles. The summed E-state index contributed by atoms with van der Waals surface area (Å²) in [5.41, 5.74) is 0.276. The Morgan fingerprint density at radius 3 is 2.82 bits per heavy atom. The fraction of sp³-hybridized carbons (Fsp3) is 0.333. The molecule has 1 aliphatic rings. The molecule has 2 aromatic rings. The SMILES string of the molecule is COc1ccc2nccc(C3(F)COC3)c2n1. The minimum Gasteiger partial charge on any atom is -0.481 e. The van der Waals surface area contributed by atoms with Gasteiger partial charge >= 0.3 is 0 Å². The molecule has 0 aliphatic carbocycles. The van der Waals surface area contributed by atoms with E-state index in [1.54, 1.807) is 24.4 Å². The first-order chi connectivity index (χ1) is 8.23. The third kappa shape index (κ3) is 1.54. The first kappa shape index (κ1) is 10.4. The molecule has 88 valence electrons. The van der Waals surface area contributed by atoms with Gasteiger partial charge in [0.05, 0.1) is 31.4 Å². The van der Waals surface area contributed by atoms with Gasteiger partial charge in [-0.3, -0.25) is 4.98 Å². The Bertz CT molecular complexity index is 569. The van der Waals surface area contributed by atoms with E-state index in [9.17, 15) is 4.39 Å². The average molecular weight is 234 g/mol. The third-order valence-corrected chi connectivity index (χ3v) is 2.91. The zero-order chi connectivity index (χ0) is 11.9. The monoisotopic (exact) mass is 234 g/mol. The van der Waals surface area contributed by atoms with E-state index < -0.39 is 5.67 Å². The van der Waals surface area contributed by atoms with Crippen molar-refractivity contribution in [3.05, 3.63) is 30.0 Å². The second-order valence-electron chi connectivity index (χ2n) is 4.04. The second-order valence-corrected chi connectivity index (χ2v) is 4.04. The van der Waals surface area contributed by atoms with Gasteiger partial charge in [0.1, 0.15) is 0 Å². The lowest BCUT2D eigenvalue weighted by Crippen LogP contribution is -2.42. The van der Waals surface area contributed by atoms with Crippen LogP contribution in [0.1, 0.15) is 5.56 Å². The van der Waals surface area contributed by atoms with Crippen LogP contribution >= 0.6 is 0 Å². The lowest BCUT2D eigenvalue weighted by Gasteiger charge is -2.34. The van der Waals surface area contributed by atoms with E-state index in [0.29, 0.717) is 22.5 Å². The molecule has 1 aliphatic heterocycles. The first-order valence-electron chi connectivity index (χ1n) is 5.30. The molecule has 0 radical (unpaired) electrons. The molecule has 0 bridgehead atoms. The summed E-state index contributed by atoms with van der Waals surface area (Å²) in [5, 5.41) is 0. The third-order valence-electron chi connectivity index (χ3n) is 2.91. The zero-order valence-corrected chi connectivity index (χ0v) is 9.31. The van der Waals surface area contributed by atoms with Crippen molar-refractivity contribution >= 4 is 11.0 Å². The van der Waals surface area contributed by atoms with Gasteiger partial charge in [-0.2, -0.15) is 0 Å². The molecule has 2 aromatic heterocycles. The predicted molar refractivity (Wildman–Crippen MR) is 59.7 cm³/mol. The van der Waals surface area contributed by atoms with E-state index in [4.69, 9.17) is 9.47 Å². The largest absolute Gasteiger partial charge is 0.481 e. The predicted octanol–water partition coefficient (Wildman–Crippen LogP) is 1.83. The molecule has 5 heteroatoms. The molecule has 0 spiro atoms. The maximum absolute atomic E-state index is 14.4. The molecule has 0 N–H and O–H groups in total. The number of rotatable bonds is 2. The van der Waals surface area contributed by atoms with Crippen molar-refractivity contribution in [1.29, 1.82) is 0 Å². The van der Waals surface area contributed by atoms with Crippen molar-refractivity contribution in [2.24, 2.45) is 0 Å². The minimum absolute atomic E-state index is 0.0744. The molecule has 3 rings (SSSR count). The molecule has 17 heavy (non-hydrogen) atoms. The molecular formula is C12H11FN2O2. The molecule has 0 saturated carbocycles. The topological polar surface area (TPSA) is 44.2 Å². The van der Waals surface area contributed by atoms with E-state index in [1.807, 2.05) is 0 Å². The number of aromatic nitrogens is 2. The summed E-state index contributed by atoms with van der Waals surface area (Å²) in [6.07, 6.45) is 1.59. The first-order valence-corrected chi connectivity index (χ1v) is 5.30. The van der Waals surface area contributed by atoms with Gasteiger partial charge in [0.25, 0.3) is 0 Å². The molecule has 0 amide bonds. The summed E-state index contributed by atoms with van der Waals surface area (Å²) >= 11 is 0. The smallest absolute Gasteiger partial charge is 0.213 e. The molecule has 3 heterocycles. The Kier molecular flexibility index (Phi) is 2.22. The van der Waals surface area contributed by atoms with Crippen LogP contribution in [0.2, 0.25) is 0 Å². The van der Waals surface area contributed by atoms with Crippen molar-refractivity contribution in [2.45, 2.75) is 5.67 Å². The highest BCUT2D eigenvalue weighted by molar-refractivity contribution is 5.79. The Morgan fingerprint density at radius 1 is 1.35 bits per heavy atom. The maximum atomic E-state index is 14.4. The van der Waals surface area contributed by atoms with E-state index in [0.717, 1.165) is 0 Å². The highest BCUT2D eigenvalue weighted by Gasteiger charge is 2.42. The summed E-state index contributed by atoms with van der Waals surface area (Å²) in [6, 6.07) is 5.13. The minimum atomic E-state index is -1.44. The fourth-order valence-electron chi connectivity index (χ4n) is 1.92. The van der Waals surface area contributed by atoms with Crippen LogP contribution in [-0.2, 0) is 10.4 Å². The van der Waals surface area contributed by atoms with Gasteiger partial charge in [-0.25, -0.2) is 9.37 Å². The summed E-state index contributed by atoms with van der Waals surface area (Å²) in [5.74, 6) is 0.454. The summed E-state index contributed by atoms with van der Waals surface area (Å²) in [6.45, 7) is 0.149. The Balaban J connectivity index is 2.23. The number of alkyl halides is 1. The van der Waals surface area contributed by atoms with Gasteiger partial charge in [-0.05, 0) is 12.1 Å². The fourth-order valence-corrected chi connectivity index (χ4v) is 1.92. The average Bonchev–Trinajstić information content (AvgIpc) is 2.34. The van der Waals surface area contributed by atoms with Gasteiger partial charge < -0.3 is 9.47 Å². The van der Waals surface area contributed by atoms with E-state index in [2.05, 4.69) is 9.97 Å². The highest BCUT2D eigenvalue weighted by atomic mass is 19.1. The summed E-state index contributed by atoms with van der Waals surface area (Å²) < 4.78 is 24.4. The summed E-state index contributed by atoms with van der Waals surface area (Å²) in [4.78, 5) is 8.43. The number of hydrogen-bond donors (Lipinski definition) is 0. The van der Waals surface area contributed by atoms with E-state index >= 15 is 0 Å². The number of methoxy groups -OCH3 is 1. The van der Waals surface area contributed by atoms with Crippen LogP contribution in [-0.4, -0.2) is 30.3 Å². The van der Waals surface area contributed by atoms with E-state index in [1.165, 1.54) is 7.11 Å². The quantitative estimate of drug-likeness (QED) is 0.795. The number of ether oxygens (including phenoxy) is 2. The Morgan fingerprint density at radius 2 is 2.18 bits per heavy atom. The molecule has 1 fully saturated rings. The Hall–Kier alpha value is -1.75. The molecule has 1 saturated heterocycles. The van der Waals surface area contributed by atoms with Crippen LogP contribution < -0.4 is 4.74 Å². The van der Waals surface area contributed by atoms with Crippen LogP contribution in [0, 0.1) is 0 Å². The van der Waals surface area contributed by atoms with Gasteiger partial charge in [-0.1, -0.05) is 0 Å². The molecule has 0 unspecified atom stereocenters. The normalized spacial score (nSPS) is 17.8. The van der Waals surface area contributed by atoms with Crippen LogP contribution in [0.5, 0.6) is 5.88 Å².